The van der Waals surface area contributed by atoms with Crippen molar-refractivity contribution in [3.05, 3.63) is 24.0 Å². The van der Waals surface area contributed by atoms with Crippen LogP contribution in [0.25, 0.3) is 11.3 Å². The number of pyridine rings is 1. The lowest BCUT2D eigenvalue weighted by Crippen LogP contribution is -1.92. The third-order valence-corrected chi connectivity index (χ3v) is 2.53. The summed E-state index contributed by atoms with van der Waals surface area (Å²) in [4.78, 5) is 4.05. The molecule has 72 valence electrons. The molecule has 0 bridgehead atoms. The van der Waals surface area contributed by atoms with Gasteiger partial charge in [-0.05, 0) is 18.6 Å². The van der Waals surface area contributed by atoms with E-state index < -0.39 is 0 Å². The first kappa shape index (κ1) is 9.08. The Morgan fingerprint density at radius 3 is 2.93 bits per heavy atom. The van der Waals surface area contributed by atoms with Crippen LogP contribution in [0.2, 0.25) is 0 Å². The fourth-order valence-corrected chi connectivity index (χ4v) is 1.84. The van der Waals surface area contributed by atoms with E-state index in [-0.39, 0.29) is 0 Å². The Morgan fingerprint density at radius 1 is 1.36 bits per heavy atom. The molecule has 2 aromatic rings. The number of hydrogen-bond donors (Lipinski definition) is 1. The van der Waals surface area contributed by atoms with Gasteiger partial charge in [-0.3, -0.25) is 4.98 Å². The fourth-order valence-electron chi connectivity index (χ4n) is 1.27. The second-order valence-electron chi connectivity index (χ2n) is 2.90. The Balaban J connectivity index is 2.54. The lowest BCUT2D eigenvalue weighted by Gasteiger charge is -2.02. The summed E-state index contributed by atoms with van der Waals surface area (Å²) >= 11 is 1.21. The Morgan fingerprint density at radius 2 is 2.21 bits per heavy atom. The molecular weight excluding hydrogens is 196 g/mol. The molecule has 5 heteroatoms. The molecule has 2 heterocycles. The van der Waals surface area contributed by atoms with Crippen molar-refractivity contribution in [1.29, 1.82) is 0 Å². The lowest BCUT2D eigenvalue weighted by atomic mass is 10.1. The maximum atomic E-state index is 4.26. The highest BCUT2D eigenvalue weighted by Crippen LogP contribution is 2.27. The zero-order valence-corrected chi connectivity index (χ0v) is 8.80. The molecule has 0 spiro atoms. The van der Waals surface area contributed by atoms with E-state index in [0.717, 1.165) is 22.6 Å². The first-order valence-electron chi connectivity index (χ1n) is 4.24. The number of aryl methyl sites for hydroxylation is 1. The topological polar surface area (TPSA) is 50.7 Å². The van der Waals surface area contributed by atoms with Crippen LogP contribution in [-0.4, -0.2) is 20.8 Å². The second-order valence-corrected chi connectivity index (χ2v) is 3.43. The smallest absolute Gasteiger partial charge is 0.167 e. The van der Waals surface area contributed by atoms with Crippen LogP contribution in [0.3, 0.4) is 0 Å². The van der Waals surface area contributed by atoms with Crippen LogP contribution in [0.5, 0.6) is 0 Å². The number of anilines is 1. The Kier molecular flexibility index (Phi) is 2.41. The largest absolute Gasteiger partial charge is 0.370 e. The third kappa shape index (κ3) is 1.46. The molecular formula is C9H10N4S. The first-order chi connectivity index (χ1) is 6.83. The number of rotatable bonds is 2. The van der Waals surface area contributed by atoms with Gasteiger partial charge in [0, 0.05) is 25.0 Å². The maximum Gasteiger partial charge on any atom is 0.167 e. The molecule has 1 N–H and O–H groups in total. The summed E-state index contributed by atoms with van der Waals surface area (Å²) in [5.74, 6) is 0.823. The van der Waals surface area contributed by atoms with Crippen LogP contribution in [0, 0.1) is 6.92 Å². The van der Waals surface area contributed by atoms with Gasteiger partial charge in [0.2, 0.25) is 0 Å². The number of aromatic nitrogens is 3. The molecule has 0 aliphatic heterocycles. The van der Waals surface area contributed by atoms with Crippen LogP contribution in [0.1, 0.15) is 5.56 Å². The number of hydrogen-bond acceptors (Lipinski definition) is 5. The molecule has 0 amide bonds. The van der Waals surface area contributed by atoms with Crippen molar-refractivity contribution in [1.82, 2.24) is 13.7 Å². The van der Waals surface area contributed by atoms with E-state index in [2.05, 4.69) is 19.0 Å². The molecule has 0 aromatic carbocycles. The van der Waals surface area contributed by atoms with Gasteiger partial charge in [-0.2, -0.15) is 8.75 Å². The Labute approximate surface area is 86.3 Å². The molecule has 0 aliphatic carbocycles. The SMILES string of the molecule is CNc1nsnc1-c1ccncc1C. The summed E-state index contributed by atoms with van der Waals surface area (Å²) in [6.45, 7) is 2.02. The van der Waals surface area contributed by atoms with E-state index in [0.29, 0.717) is 0 Å². The Bertz CT molecular complexity index is 438. The summed E-state index contributed by atoms with van der Waals surface area (Å²) in [6.07, 6.45) is 3.59. The summed E-state index contributed by atoms with van der Waals surface area (Å²) in [5, 5.41) is 3.02. The van der Waals surface area contributed by atoms with Crippen molar-refractivity contribution in [3.63, 3.8) is 0 Å². The van der Waals surface area contributed by atoms with E-state index >= 15 is 0 Å². The minimum Gasteiger partial charge on any atom is -0.370 e. The van der Waals surface area contributed by atoms with Crippen LogP contribution in [0.4, 0.5) is 5.82 Å². The summed E-state index contributed by atoms with van der Waals surface area (Å²) in [5.41, 5.74) is 3.09. The standard InChI is InChI=1S/C9H10N4S/c1-6-5-11-4-3-7(6)8-9(10-2)13-14-12-8/h3-5H,1-2H3,(H,10,13). The number of nitrogens with zero attached hydrogens (tertiary/aromatic N) is 3. The van der Waals surface area contributed by atoms with E-state index in [1.807, 2.05) is 26.2 Å². The molecule has 0 saturated carbocycles. The van der Waals surface area contributed by atoms with Gasteiger partial charge < -0.3 is 5.32 Å². The highest BCUT2D eigenvalue weighted by atomic mass is 32.1. The molecule has 14 heavy (non-hydrogen) atoms. The van der Waals surface area contributed by atoms with E-state index in [9.17, 15) is 0 Å². The van der Waals surface area contributed by atoms with Gasteiger partial charge in [-0.25, -0.2) is 0 Å². The molecule has 0 aliphatic rings. The zero-order chi connectivity index (χ0) is 9.97. The van der Waals surface area contributed by atoms with Gasteiger partial charge in [0.25, 0.3) is 0 Å². The van der Waals surface area contributed by atoms with Crippen LogP contribution in [0.15, 0.2) is 18.5 Å². The average molecular weight is 206 g/mol. The van der Waals surface area contributed by atoms with Gasteiger partial charge in [0.1, 0.15) is 5.69 Å². The minimum atomic E-state index is 0.823. The molecule has 4 nitrogen and oxygen atoms in total. The predicted octanol–water partition coefficient (Wildman–Crippen LogP) is 1.95. The van der Waals surface area contributed by atoms with Crippen molar-refractivity contribution in [2.45, 2.75) is 6.92 Å². The molecule has 2 aromatic heterocycles. The molecule has 0 unspecified atom stereocenters. The zero-order valence-electron chi connectivity index (χ0n) is 7.98. The first-order valence-corrected chi connectivity index (χ1v) is 4.97. The van der Waals surface area contributed by atoms with Gasteiger partial charge in [-0.1, -0.05) is 0 Å². The van der Waals surface area contributed by atoms with Crippen molar-refractivity contribution in [3.8, 4) is 11.3 Å². The minimum absolute atomic E-state index is 0.823. The highest BCUT2D eigenvalue weighted by Gasteiger charge is 2.10. The van der Waals surface area contributed by atoms with Gasteiger partial charge in [0.05, 0.1) is 11.7 Å². The van der Waals surface area contributed by atoms with E-state index in [1.54, 1.807) is 6.20 Å². The monoisotopic (exact) mass is 206 g/mol. The molecule has 2 rings (SSSR count). The maximum absolute atomic E-state index is 4.26. The molecule has 0 atom stereocenters. The van der Waals surface area contributed by atoms with Crippen LogP contribution in [-0.2, 0) is 0 Å². The van der Waals surface area contributed by atoms with Crippen molar-refractivity contribution in [2.24, 2.45) is 0 Å². The molecule has 0 radical (unpaired) electrons. The fraction of sp³-hybridized carbons (Fsp3) is 0.222. The van der Waals surface area contributed by atoms with Crippen molar-refractivity contribution in [2.75, 3.05) is 12.4 Å². The Hall–Kier alpha value is -1.49. The predicted molar refractivity (Wildman–Crippen MR) is 57.4 cm³/mol. The van der Waals surface area contributed by atoms with Gasteiger partial charge >= 0.3 is 0 Å². The molecule has 0 saturated heterocycles. The van der Waals surface area contributed by atoms with E-state index in [1.165, 1.54) is 11.7 Å². The summed E-state index contributed by atoms with van der Waals surface area (Å²) in [6, 6.07) is 1.95. The van der Waals surface area contributed by atoms with Crippen molar-refractivity contribution < 1.29 is 0 Å². The third-order valence-electron chi connectivity index (χ3n) is 2.00. The van der Waals surface area contributed by atoms with Crippen LogP contribution >= 0.6 is 11.7 Å². The normalized spacial score (nSPS) is 10.1. The highest BCUT2D eigenvalue weighted by molar-refractivity contribution is 6.99. The average Bonchev–Trinajstić information content (AvgIpc) is 2.66. The number of nitrogens with one attached hydrogen (secondary N) is 1. The van der Waals surface area contributed by atoms with Crippen LogP contribution < -0.4 is 5.32 Å². The lowest BCUT2D eigenvalue weighted by molar-refractivity contribution is 1.26. The van der Waals surface area contributed by atoms with Gasteiger partial charge in [0.15, 0.2) is 5.82 Å². The summed E-state index contributed by atoms with van der Waals surface area (Å²) in [7, 11) is 1.84. The van der Waals surface area contributed by atoms with Gasteiger partial charge in [-0.15, -0.1) is 0 Å². The molecule has 0 fully saturated rings. The second kappa shape index (κ2) is 3.71. The quantitative estimate of drug-likeness (QED) is 0.816. The van der Waals surface area contributed by atoms with E-state index in [4.69, 9.17) is 0 Å². The summed E-state index contributed by atoms with van der Waals surface area (Å²) < 4.78 is 8.41. The van der Waals surface area contributed by atoms with Crippen molar-refractivity contribution >= 4 is 17.5 Å².